The van der Waals surface area contributed by atoms with Gasteiger partial charge in [-0.1, -0.05) is 91.0 Å². The number of benzene rings is 4. The second-order valence-corrected chi connectivity index (χ2v) is 12.2. The number of hydrogen-bond donors (Lipinski definition) is 1. The molecule has 0 heterocycles. The largest absolute Gasteiger partial charge is 0.494 e. The van der Waals surface area contributed by atoms with Gasteiger partial charge in [-0.05, 0) is 53.8 Å². The van der Waals surface area contributed by atoms with Crippen molar-refractivity contribution in [1.82, 2.24) is 5.32 Å². The van der Waals surface area contributed by atoms with Crippen LogP contribution in [0.5, 0.6) is 11.5 Å². The minimum atomic E-state index is -3.39. The first-order valence-electron chi connectivity index (χ1n) is 14.1. The van der Waals surface area contributed by atoms with Crippen LogP contribution in [0.3, 0.4) is 0 Å². The fourth-order valence-corrected chi connectivity index (χ4v) is 5.68. The summed E-state index contributed by atoms with van der Waals surface area (Å²) in [5.41, 5.74) is 2.99. The molecule has 0 aliphatic carbocycles. The second kappa shape index (κ2) is 16.5. The van der Waals surface area contributed by atoms with Gasteiger partial charge >= 0.3 is 7.60 Å². The third kappa shape index (κ3) is 10.8. The van der Waals surface area contributed by atoms with Crippen molar-refractivity contribution >= 4 is 13.5 Å². The standard InChI is InChI=1S/C34H38NO6P/c1-38-42(37,23-11-22-39-32-16-9-4-10-17-32)41-27-31(35-34(36)25-28-12-5-2-6-13-28)24-29-18-20-33(21-19-29)40-26-30-14-7-3-8-15-30/h2-10,12-21,31H,11,22-27H2,1H3,(H,35,36)/t31-,42?/m0/s1. The molecule has 0 saturated heterocycles. The predicted molar refractivity (Wildman–Crippen MR) is 165 cm³/mol. The number of para-hydroxylation sites is 1. The molecule has 0 fully saturated rings. The minimum absolute atomic E-state index is 0.0391. The molecule has 7 nitrogen and oxygen atoms in total. The van der Waals surface area contributed by atoms with Crippen LogP contribution in [0.4, 0.5) is 0 Å². The summed E-state index contributed by atoms with van der Waals surface area (Å²) in [4.78, 5) is 12.9. The molecule has 4 aromatic carbocycles. The van der Waals surface area contributed by atoms with E-state index < -0.39 is 13.6 Å². The van der Waals surface area contributed by atoms with Crippen molar-refractivity contribution in [2.45, 2.75) is 31.9 Å². The quantitative estimate of drug-likeness (QED) is 0.107. The predicted octanol–water partition coefficient (Wildman–Crippen LogP) is 6.86. The van der Waals surface area contributed by atoms with Crippen molar-refractivity contribution in [2.75, 3.05) is 26.5 Å². The molecule has 42 heavy (non-hydrogen) atoms. The summed E-state index contributed by atoms with van der Waals surface area (Å²) in [6.45, 7) is 0.906. The number of rotatable bonds is 17. The lowest BCUT2D eigenvalue weighted by Gasteiger charge is -2.23. The maximum absolute atomic E-state index is 13.3. The fraction of sp³-hybridized carbons (Fsp3) is 0.265. The van der Waals surface area contributed by atoms with Gasteiger partial charge in [-0.3, -0.25) is 9.36 Å². The Hall–Kier alpha value is -3.90. The van der Waals surface area contributed by atoms with Gasteiger partial charge in [0.25, 0.3) is 0 Å². The Balaban J connectivity index is 1.34. The number of carbonyl (C=O) groups excluding carboxylic acids is 1. The average molecular weight is 588 g/mol. The van der Waals surface area contributed by atoms with Crippen molar-refractivity contribution in [1.29, 1.82) is 0 Å². The highest BCUT2D eigenvalue weighted by molar-refractivity contribution is 7.53. The van der Waals surface area contributed by atoms with Crippen molar-refractivity contribution in [3.8, 4) is 11.5 Å². The molecule has 1 unspecified atom stereocenters. The normalized spacial score (nSPS) is 13.1. The van der Waals surface area contributed by atoms with Gasteiger partial charge in [-0.25, -0.2) is 0 Å². The number of hydrogen-bond acceptors (Lipinski definition) is 6. The average Bonchev–Trinajstić information content (AvgIpc) is 3.03. The fourth-order valence-electron chi connectivity index (χ4n) is 4.34. The smallest absolute Gasteiger partial charge is 0.330 e. The van der Waals surface area contributed by atoms with E-state index in [-0.39, 0.29) is 25.1 Å². The minimum Gasteiger partial charge on any atom is -0.494 e. The molecule has 0 radical (unpaired) electrons. The molecular formula is C34H38NO6P. The maximum atomic E-state index is 13.3. The van der Waals surface area contributed by atoms with Gasteiger partial charge < -0.3 is 23.8 Å². The summed E-state index contributed by atoms with van der Waals surface area (Å²) in [5.74, 6) is 1.37. The van der Waals surface area contributed by atoms with Crippen molar-refractivity contribution in [3.05, 3.63) is 132 Å². The lowest BCUT2D eigenvalue weighted by atomic mass is 10.1. The van der Waals surface area contributed by atoms with Gasteiger partial charge in [-0.15, -0.1) is 0 Å². The van der Waals surface area contributed by atoms with Gasteiger partial charge in [0, 0.05) is 7.11 Å². The third-order valence-electron chi connectivity index (χ3n) is 6.57. The van der Waals surface area contributed by atoms with Gasteiger partial charge in [0.2, 0.25) is 5.91 Å². The summed E-state index contributed by atoms with van der Waals surface area (Å²) in [5, 5.41) is 3.06. The molecule has 0 saturated carbocycles. The van der Waals surface area contributed by atoms with Gasteiger partial charge in [0.15, 0.2) is 0 Å². The Kier molecular flexibility index (Phi) is 12.2. The Labute approximate surface area is 248 Å². The molecule has 220 valence electrons. The van der Waals surface area contributed by atoms with Crippen LogP contribution >= 0.6 is 7.60 Å². The summed E-state index contributed by atoms with van der Waals surface area (Å²) in [6.07, 6.45) is 1.42. The molecule has 1 N–H and O–H groups in total. The summed E-state index contributed by atoms with van der Waals surface area (Å²) < 4.78 is 36.1. The zero-order valence-electron chi connectivity index (χ0n) is 23.9. The SMILES string of the molecule is COP(=O)(CCCOc1ccccc1)OC[C@H](Cc1ccc(OCc2ccccc2)cc1)NC(=O)Cc1ccccc1. The molecule has 0 aliphatic rings. The summed E-state index contributed by atoms with van der Waals surface area (Å²) >= 11 is 0. The number of carbonyl (C=O) groups is 1. The van der Waals surface area contributed by atoms with E-state index >= 15 is 0 Å². The first-order chi connectivity index (χ1) is 20.5. The molecule has 8 heteroatoms. The van der Waals surface area contributed by atoms with E-state index in [1.165, 1.54) is 7.11 Å². The van der Waals surface area contributed by atoms with Gasteiger partial charge in [0.05, 0.1) is 31.8 Å². The third-order valence-corrected chi connectivity index (χ3v) is 8.53. The summed E-state index contributed by atoms with van der Waals surface area (Å²) in [7, 11) is -2.00. The first-order valence-corrected chi connectivity index (χ1v) is 15.8. The van der Waals surface area contributed by atoms with Gasteiger partial charge in [0.1, 0.15) is 18.1 Å². The van der Waals surface area contributed by atoms with Crippen LogP contribution in [-0.2, 0) is 37.9 Å². The molecule has 4 rings (SSSR count). The maximum Gasteiger partial charge on any atom is 0.330 e. The van der Waals surface area contributed by atoms with E-state index in [0.717, 1.165) is 28.2 Å². The molecule has 0 spiro atoms. The van der Waals surface area contributed by atoms with Crippen LogP contribution in [0, 0.1) is 0 Å². The first kappa shape index (κ1) is 31.0. The van der Waals surface area contributed by atoms with Crippen LogP contribution in [0.25, 0.3) is 0 Å². The van der Waals surface area contributed by atoms with Crippen LogP contribution in [0.15, 0.2) is 115 Å². The Morgan fingerprint density at radius 1 is 0.738 bits per heavy atom. The Morgan fingerprint density at radius 2 is 1.33 bits per heavy atom. The van der Waals surface area contributed by atoms with Crippen molar-refractivity contribution in [3.63, 3.8) is 0 Å². The zero-order valence-corrected chi connectivity index (χ0v) is 24.8. The Morgan fingerprint density at radius 3 is 1.98 bits per heavy atom. The van der Waals surface area contributed by atoms with Gasteiger partial charge in [-0.2, -0.15) is 0 Å². The number of nitrogens with one attached hydrogen (secondary N) is 1. The molecule has 1 amide bonds. The van der Waals surface area contributed by atoms with Crippen molar-refractivity contribution in [2.24, 2.45) is 0 Å². The molecule has 0 aliphatic heterocycles. The van der Waals surface area contributed by atoms with Crippen LogP contribution in [-0.4, -0.2) is 38.4 Å². The van der Waals surface area contributed by atoms with E-state index in [1.807, 2.05) is 115 Å². The summed E-state index contributed by atoms with van der Waals surface area (Å²) in [6, 6.07) is 36.3. The Bertz CT molecular complexity index is 1380. The van der Waals surface area contributed by atoms with Crippen LogP contribution < -0.4 is 14.8 Å². The lowest BCUT2D eigenvalue weighted by molar-refractivity contribution is -0.121. The van der Waals surface area contributed by atoms with Crippen LogP contribution in [0.2, 0.25) is 0 Å². The van der Waals surface area contributed by atoms with Crippen molar-refractivity contribution < 1.29 is 27.9 Å². The van der Waals surface area contributed by atoms with E-state index in [2.05, 4.69) is 5.32 Å². The monoisotopic (exact) mass is 587 g/mol. The van der Waals surface area contributed by atoms with E-state index in [9.17, 15) is 9.36 Å². The molecule has 0 aromatic heterocycles. The number of ether oxygens (including phenoxy) is 2. The second-order valence-electron chi connectivity index (χ2n) is 9.88. The highest BCUT2D eigenvalue weighted by Gasteiger charge is 2.25. The highest BCUT2D eigenvalue weighted by atomic mass is 31.2. The zero-order chi connectivity index (χ0) is 29.5. The highest BCUT2D eigenvalue weighted by Crippen LogP contribution is 2.48. The van der Waals surface area contributed by atoms with Crippen LogP contribution in [0.1, 0.15) is 23.1 Å². The van der Waals surface area contributed by atoms with E-state index in [4.69, 9.17) is 18.5 Å². The van der Waals surface area contributed by atoms with E-state index in [0.29, 0.717) is 26.1 Å². The lowest BCUT2D eigenvalue weighted by Crippen LogP contribution is -2.40. The molecule has 4 aromatic rings. The molecule has 2 atom stereocenters. The molecular weight excluding hydrogens is 549 g/mol. The number of amides is 1. The van der Waals surface area contributed by atoms with E-state index in [1.54, 1.807) is 0 Å². The molecule has 0 bridgehead atoms. The topological polar surface area (TPSA) is 83.1 Å².